The van der Waals surface area contributed by atoms with Gasteiger partial charge in [0.05, 0.1) is 0 Å². The maximum atomic E-state index is 4.01. The second kappa shape index (κ2) is 9.14. The third kappa shape index (κ3) is 8.15. The van der Waals surface area contributed by atoms with Crippen molar-refractivity contribution in [2.75, 3.05) is 24.6 Å². The molecule has 0 spiro atoms. The fourth-order valence-electron chi connectivity index (χ4n) is 0.854. The summed E-state index contributed by atoms with van der Waals surface area (Å²) >= 11 is 1.98. The summed E-state index contributed by atoms with van der Waals surface area (Å²) in [5, 5.41) is 3.35. The number of hydrogen-bond acceptors (Lipinski definition) is 2. The summed E-state index contributed by atoms with van der Waals surface area (Å²) < 4.78 is 0. The van der Waals surface area contributed by atoms with Crippen LogP contribution in [0.1, 0.15) is 26.7 Å². The van der Waals surface area contributed by atoms with Gasteiger partial charge in [0.1, 0.15) is 0 Å². The van der Waals surface area contributed by atoms with Crippen molar-refractivity contribution in [3.63, 3.8) is 0 Å². The average Bonchev–Trinajstić information content (AvgIpc) is 2.06. The van der Waals surface area contributed by atoms with Crippen LogP contribution in [-0.4, -0.2) is 24.6 Å². The molecular formula is C10H21NS. The summed E-state index contributed by atoms with van der Waals surface area (Å²) in [6.45, 7) is 10.5. The van der Waals surface area contributed by atoms with Crippen LogP contribution in [0.15, 0.2) is 12.2 Å². The first-order valence-electron chi connectivity index (χ1n) is 4.76. The Bertz CT molecular complexity index is 100. The quantitative estimate of drug-likeness (QED) is 0.463. The van der Waals surface area contributed by atoms with Gasteiger partial charge in [0, 0.05) is 12.3 Å². The van der Waals surface area contributed by atoms with E-state index >= 15 is 0 Å². The van der Waals surface area contributed by atoms with Crippen molar-refractivity contribution in [2.24, 2.45) is 0 Å². The highest BCUT2D eigenvalue weighted by atomic mass is 32.2. The SMILES string of the molecule is C=C(CNCCC)CSCCC. The second-order valence-electron chi connectivity index (χ2n) is 2.98. The smallest absolute Gasteiger partial charge is 0.0170 e. The summed E-state index contributed by atoms with van der Waals surface area (Å²) in [7, 11) is 0. The average molecular weight is 187 g/mol. The highest BCUT2D eigenvalue weighted by molar-refractivity contribution is 7.99. The van der Waals surface area contributed by atoms with Crippen LogP contribution < -0.4 is 5.32 Å². The van der Waals surface area contributed by atoms with Gasteiger partial charge in [0.2, 0.25) is 0 Å². The molecule has 0 unspecified atom stereocenters. The number of nitrogens with one attached hydrogen (secondary N) is 1. The van der Waals surface area contributed by atoms with E-state index in [0.717, 1.165) is 18.8 Å². The zero-order valence-corrected chi connectivity index (χ0v) is 9.17. The first-order valence-corrected chi connectivity index (χ1v) is 5.91. The third-order valence-electron chi connectivity index (χ3n) is 1.46. The van der Waals surface area contributed by atoms with Crippen molar-refractivity contribution < 1.29 is 0 Å². The van der Waals surface area contributed by atoms with E-state index in [1.165, 1.54) is 24.2 Å². The highest BCUT2D eigenvalue weighted by Crippen LogP contribution is 2.06. The molecule has 72 valence electrons. The van der Waals surface area contributed by atoms with Gasteiger partial charge in [-0.15, -0.1) is 0 Å². The highest BCUT2D eigenvalue weighted by Gasteiger charge is 1.93. The van der Waals surface area contributed by atoms with Gasteiger partial charge in [-0.05, 0) is 25.1 Å². The van der Waals surface area contributed by atoms with Crippen molar-refractivity contribution in [3.8, 4) is 0 Å². The normalized spacial score (nSPS) is 10.2. The summed E-state index contributed by atoms with van der Waals surface area (Å²) in [4.78, 5) is 0. The van der Waals surface area contributed by atoms with Gasteiger partial charge in [0.25, 0.3) is 0 Å². The first-order chi connectivity index (χ1) is 5.81. The maximum Gasteiger partial charge on any atom is 0.0170 e. The standard InChI is InChI=1S/C10H21NS/c1-4-6-11-8-10(3)9-12-7-5-2/h11H,3-9H2,1-2H3. The predicted molar refractivity (Wildman–Crippen MR) is 59.9 cm³/mol. The molecule has 0 heterocycles. The lowest BCUT2D eigenvalue weighted by Gasteiger charge is -2.05. The van der Waals surface area contributed by atoms with Crippen molar-refractivity contribution >= 4 is 11.8 Å². The zero-order valence-electron chi connectivity index (χ0n) is 8.36. The van der Waals surface area contributed by atoms with Gasteiger partial charge in [-0.2, -0.15) is 11.8 Å². The second-order valence-corrected chi connectivity index (χ2v) is 4.08. The van der Waals surface area contributed by atoms with E-state index in [9.17, 15) is 0 Å². The lowest BCUT2D eigenvalue weighted by molar-refractivity contribution is 0.716. The Balaban J connectivity index is 3.10. The van der Waals surface area contributed by atoms with E-state index < -0.39 is 0 Å². The van der Waals surface area contributed by atoms with Crippen LogP contribution in [0.3, 0.4) is 0 Å². The van der Waals surface area contributed by atoms with E-state index in [1.807, 2.05) is 11.8 Å². The minimum Gasteiger partial charge on any atom is -0.313 e. The molecule has 0 aromatic heterocycles. The van der Waals surface area contributed by atoms with Crippen molar-refractivity contribution in [2.45, 2.75) is 26.7 Å². The Morgan fingerprint density at radius 1 is 1.33 bits per heavy atom. The first kappa shape index (κ1) is 12.0. The molecule has 0 atom stereocenters. The molecule has 0 saturated heterocycles. The molecule has 0 fully saturated rings. The predicted octanol–water partition coefficient (Wildman–Crippen LogP) is 2.69. The lowest BCUT2D eigenvalue weighted by Crippen LogP contribution is -2.18. The molecule has 0 radical (unpaired) electrons. The molecule has 0 aliphatic carbocycles. The van der Waals surface area contributed by atoms with Gasteiger partial charge >= 0.3 is 0 Å². The Kier molecular flexibility index (Phi) is 9.18. The van der Waals surface area contributed by atoms with Gasteiger partial charge in [0.15, 0.2) is 0 Å². The monoisotopic (exact) mass is 187 g/mol. The van der Waals surface area contributed by atoms with Crippen LogP contribution in [0, 0.1) is 0 Å². The number of hydrogen-bond donors (Lipinski definition) is 1. The van der Waals surface area contributed by atoms with Crippen LogP contribution in [0.25, 0.3) is 0 Å². The van der Waals surface area contributed by atoms with Crippen molar-refractivity contribution in [3.05, 3.63) is 12.2 Å². The summed E-state index contributed by atoms with van der Waals surface area (Å²) in [6.07, 6.45) is 2.47. The Morgan fingerprint density at radius 2 is 2.08 bits per heavy atom. The van der Waals surface area contributed by atoms with Gasteiger partial charge < -0.3 is 5.32 Å². The van der Waals surface area contributed by atoms with Gasteiger partial charge in [-0.3, -0.25) is 0 Å². The van der Waals surface area contributed by atoms with Crippen LogP contribution in [-0.2, 0) is 0 Å². The number of rotatable bonds is 8. The van der Waals surface area contributed by atoms with E-state index in [4.69, 9.17) is 0 Å². The molecule has 0 aliphatic heterocycles. The molecule has 0 amide bonds. The molecule has 0 aromatic rings. The van der Waals surface area contributed by atoms with Gasteiger partial charge in [-0.25, -0.2) is 0 Å². The maximum absolute atomic E-state index is 4.01. The Hall–Kier alpha value is 0.0500. The lowest BCUT2D eigenvalue weighted by atomic mass is 10.3. The van der Waals surface area contributed by atoms with E-state index in [0.29, 0.717) is 0 Å². The third-order valence-corrected chi connectivity index (χ3v) is 2.77. The van der Waals surface area contributed by atoms with Crippen LogP contribution in [0.4, 0.5) is 0 Å². The topological polar surface area (TPSA) is 12.0 Å². The molecule has 1 N–H and O–H groups in total. The fourth-order valence-corrected chi connectivity index (χ4v) is 1.68. The summed E-state index contributed by atoms with van der Waals surface area (Å²) in [5.74, 6) is 2.37. The van der Waals surface area contributed by atoms with Gasteiger partial charge in [-0.1, -0.05) is 26.0 Å². The molecular weight excluding hydrogens is 166 g/mol. The van der Waals surface area contributed by atoms with Crippen LogP contribution in [0.5, 0.6) is 0 Å². The van der Waals surface area contributed by atoms with Crippen LogP contribution >= 0.6 is 11.8 Å². The van der Waals surface area contributed by atoms with Crippen LogP contribution in [0.2, 0.25) is 0 Å². The Labute approximate surface area is 81.0 Å². The van der Waals surface area contributed by atoms with E-state index in [1.54, 1.807) is 0 Å². The molecule has 0 aliphatic rings. The largest absolute Gasteiger partial charge is 0.313 e. The van der Waals surface area contributed by atoms with E-state index in [2.05, 4.69) is 25.7 Å². The summed E-state index contributed by atoms with van der Waals surface area (Å²) in [5.41, 5.74) is 1.32. The van der Waals surface area contributed by atoms with Crippen molar-refractivity contribution in [1.29, 1.82) is 0 Å². The molecule has 0 rings (SSSR count). The minimum absolute atomic E-state index is 0.991. The zero-order chi connectivity index (χ0) is 9.23. The Morgan fingerprint density at radius 3 is 2.67 bits per heavy atom. The molecule has 0 aromatic carbocycles. The number of thioether (sulfide) groups is 1. The minimum atomic E-state index is 0.991. The molecule has 2 heteroatoms. The van der Waals surface area contributed by atoms with Crippen molar-refractivity contribution in [1.82, 2.24) is 5.32 Å². The molecule has 0 bridgehead atoms. The van der Waals surface area contributed by atoms with E-state index in [-0.39, 0.29) is 0 Å². The molecule has 1 nitrogen and oxygen atoms in total. The summed E-state index contributed by atoms with van der Waals surface area (Å²) in [6, 6.07) is 0. The molecule has 0 saturated carbocycles. The molecule has 12 heavy (non-hydrogen) atoms. The fraction of sp³-hybridized carbons (Fsp3) is 0.800.